The summed E-state index contributed by atoms with van der Waals surface area (Å²) in [6.45, 7) is 4.41. The van der Waals surface area contributed by atoms with Gasteiger partial charge in [0.25, 0.3) is 0 Å². The van der Waals surface area contributed by atoms with E-state index in [2.05, 4.69) is 55.4 Å². The van der Waals surface area contributed by atoms with Crippen molar-refractivity contribution in [1.29, 1.82) is 0 Å². The average molecular weight is 265 g/mol. The number of hydrogen-bond acceptors (Lipinski definition) is 2. The van der Waals surface area contributed by atoms with Crippen LogP contribution in [0.3, 0.4) is 0 Å². The first-order valence-electron chi connectivity index (χ1n) is 7.12. The fourth-order valence-corrected chi connectivity index (χ4v) is 2.45. The zero-order valence-electron chi connectivity index (χ0n) is 11.9. The van der Waals surface area contributed by atoms with Crippen LogP contribution in [0.5, 0.6) is 0 Å². The minimum absolute atomic E-state index is 0.0518. The predicted molar refractivity (Wildman–Crippen MR) is 82.0 cm³/mol. The van der Waals surface area contributed by atoms with Crippen LogP contribution in [0.15, 0.2) is 59.8 Å². The molecular weight excluding hydrogens is 246 g/mol. The van der Waals surface area contributed by atoms with Crippen molar-refractivity contribution in [3.05, 3.63) is 71.3 Å². The van der Waals surface area contributed by atoms with E-state index < -0.39 is 0 Å². The van der Waals surface area contributed by atoms with E-state index in [1.807, 2.05) is 18.2 Å². The minimum atomic E-state index is 0.0518. The number of hydrogen-bond donors (Lipinski definition) is 0. The highest BCUT2D eigenvalue weighted by atomic mass is 16.6. The molecule has 1 unspecified atom stereocenters. The first-order valence-corrected chi connectivity index (χ1v) is 7.12. The molecule has 0 aromatic heterocycles. The van der Waals surface area contributed by atoms with Crippen molar-refractivity contribution in [2.24, 2.45) is 5.16 Å². The molecule has 102 valence electrons. The third-order valence-corrected chi connectivity index (χ3v) is 3.75. The van der Waals surface area contributed by atoms with E-state index in [0.717, 1.165) is 17.7 Å². The van der Waals surface area contributed by atoms with Gasteiger partial charge in [0, 0.05) is 6.42 Å². The molecule has 2 nitrogen and oxygen atoms in total. The van der Waals surface area contributed by atoms with Gasteiger partial charge in [0.2, 0.25) is 0 Å². The SMILES string of the molecule is CC(C)c1ccc(C2=NOC(c3ccccc3)C2)cc1. The number of oxime groups is 1. The van der Waals surface area contributed by atoms with Crippen LogP contribution in [-0.2, 0) is 4.84 Å². The third kappa shape index (κ3) is 2.60. The molecule has 1 atom stereocenters. The molecule has 0 N–H and O–H groups in total. The van der Waals surface area contributed by atoms with Gasteiger partial charge in [-0.15, -0.1) is 0 Å². The standard InChI is InChI=1S/C18H19NO/c1-13(2)14-8-10-15(11-9-14)17-12-18(20-19-17)16-6-4-3-5-7-16/h3-11,13,18H,12H2,1-2H3. The maximum atomic E-state index is 5.57. The second-order valence-electron chi connectivity index (χ2n) is 5.52. The number of nitrogens with zero attached hydrogens (tertiary/aromatic N) is 1. The smallest absolute Gasteiger partial charge is 0.158 e. The lowest BCUT2D eigenvalue weighted by atomic mass is 9.97. The molecule has 0 fully saturated rings. The molecule has 0 spiro atoms. The summed E-state index contributed by atoms with van der Waals surface area (Å²) in [5.41, 5.74) is 4.74. The zero-order chi connectivity index (χ0) is 13.9. The monoisotopic (exact) mass is 265 g/mol. The summed E-state index contributed by atoms with van der Waals surface area (Å²) in [6, 6.07) is 18.9. The Kier molecular flexibility index (Phi) is 3.55. The quantitative estimate of drug-likeness (QED) is 0.790. The van der Waals surface area contributed by atoms with Crippen LogP contribution < -0.4 is 0 Å². The second-order valence-corrected chi connectivity index (χ2v) is 5.52. The molecule has 0 radical (unpaired) electrons. The summed E-state index contributed by atoms with van der Waals surface area (Å²) < 4.78 is 0. The summed E-state index contributed by atoms with van der Waals surface area (Å²) >= 11 is 0. The van der Waals surface area contributed by atoms with Crippen LogP contribution in [0, 0.1) is 0 Å². The fourth-order valence-electron chi connectivity index (χ4n) is 2.45. The highest BCUT2D eigenvalue weighted by Crippen LogP contribution is 2.29. The van der Waals surface area contributed by atoms with Gasteiger partial charge in [-0.25, -0.2) is 0 Å². The first kappa shape index (κ1) is 12.9. The molecule has 20 heavy (non-hydrogen) atoms. The van der Waals surface area contributed by atoms with Gasteiger partial charge in [-0.3, -0.25) is 0 Å². The molecule has 1 aliphatic heterocycles. The molecule has 1 aliphatic rings. The molecule has 0 amide bonds. The Morgan fingerprint density at radius 2 is 1.70 bits per heavy atom. The van der Waals surface area contributed by atoms with Gasteiger partial charge >= 0.3 is 0 Å². The summed E-state index contributed by atoms with van der Waals surface area (Å²) in [7, 11) is 0. The van der Waals surface area contributed by atoms with Crippen LogP contribution >= 0.6 is 0 Å². The number of rotatable bonds is 3. The Balaban J connectivity index is 1.74. The van der Waals surface area contributed by atoms with Gasteiger partial charge < -0.3 is 4.84 Å². The number of benzene rings is 2. The van der Waals surface area contributed by atoms with Gasteiger partial charge in [-0.2, -0.15) is 0 Å². The lowest BCUT2D eigenvalue weighted by Crippen LogP contribution is -2.01. The molecule has 2 aromatic carbocycles. The fraction of sp³-hybridized carbons (Fsp3) is 0.278. The summed E-state index contributed by atoms with van der Waals surface area (Å²) in [4.78, 5) is 5.57. The Hall–Kier alpha value is -2.09. The lowest BCUT2D eigenvalue weighted by Gasteiger charge is -2.08. The van der Waals surface area contributed by atoms with Crippen molar-refractivity contribution < 1.29 is 4.84 Å². The van der Waals surface area contributed by atoms with E-state index in [9.17, 15) is 0 Å². The summed E-state index contributed by atoms with van der Waals surface area (Å²) in [6.07, 6.45) is 0.890. The molecule has 0 saturated heterocycles. The predicted octanol–water partition coefficient (Wildman–Crippen LogP) is 4.68. The van der Waals surface area contributed by atoms with Crippen LogP contribution in [0.25, 0.3) is 0 Å². The van der Waals surface area contributed by atoms with Gasteiger partial charge in [0.05, 0.1) is 5.71 Å². The Bertz CT molecular complexity index is 599. The van der Waals surface area contributed by atoms with Gasteiger partial charge in [-0.05, 0) is 22.6 Å². The molecular formula is C18H19NO. The molecule has 2 aromatic rings. The van der Waals surface area contributed by atoms with Gasteiger partial charge in [0.1, 0.15) is 0 Å². The van der Waals surface area contributed by atoms with E-state index in [1.54, 1.807) is 0 Å². The third-order valence-electron chi connectivity index (χ3n) is 3.75. The van der Waals surface area contributed by atoms with E-state index in [4.69, 9.17) is 4.84 Å². The van der Waals surface area contributed by atoms with Gasteiger partial charge in [0.15, 0.2) is 6.10 Å². The van der Waals surface area contributed by atoms with Crippen molar-refractivity contribution in [1.82, 2.24) is 0 Å². The van der Waals surface area contributed by atoms with Crippen LogP contribution in [-0.4, -0.2) is 5.71 Å². The molecule has 2 heteroatoms. The minimum Gasteiger partial charge on any atom is -0.387 e. The summed E-state index contributed by atoms with van der Waals surface area (Å²) in [5, 5.41) is 4.25. The van der Waals surface area contributed by atoms with Crippen molar-refractivity contribution >= 4 is 5.71 Å². The van der Waals surface area contributed by atoms with Crippen molar-refractivity contribution in [2.45, 2.75) is 32.3 Å². The topological polar surface area (TPSA) is 21.6 Å². The largest absolute Gasteiger partial charge is 0.387 e. The Morgan fingerprint density at radius 1 is 1.00 bits per heavy atom. The first-order chi connectivity index (χ1) is 9.74. The highest BCUT2D eigenvalue weighted by molar-refractivity contribution is 6.01. The highest BCUT2D eigenvalue weighted by Gasteiger charge is 2.23. The van der Waals surface area contributed by atoms with E-state index in [-0.39, 0.29) is 6.10 Å². The maximum absolute atomic E-state index is 5.57. The molecule has 0 bridgehead atoms. The van der Waals surface area contributed by atoms with E-state index >= 15 is 0 Å². The molecule has 0 saturated carbocycles. The van der Waals surface area contributed by atoms with Crippen molar-refractivity contribution in [3.8, 4) is 0 Å². The van der Waals surface area contributed by atoms with E-state index in [0.29, 0.717) is 5.92 Å². The van der Waals surface area contributed by atoms with E-state index in [1.165, 1.54) is 11.1 Å². The molecule has 1 heterocycles. The zero-order valence-corrected chi connectivity index (χ0v) is 11.9. The average Bonchev–Trinajstić information content (AvgIpc) is 2.98. The normalized spacial score (nSPS) is 17.9. The van der Waals surface area contributed by atoms with Crippen molar-refractivity contribution in [2.75, 3.05) is 0 Å². The van der Waals surface area contributed by atoms with Crippen molar-refractivity contribution in [3.63, 3.8) is 0 Å². The molecule has 3 rings (SSSR count). The van der Waals surface area contributed by atoms with Crippen LogP contribution in [0.4, 0.5) is 0 Å². The Morgan fingerprint density at radius 3 is 2.35 bits per heavy atom. The lowest BCUT2D eigenvalue weighted by molar-refractivity contribution is 0.0857. The van der Waals surface area contributed by atoms with Crippen LogP contribution in [0.1, 0.15) is 49.0 Å². The van der Waals surface area contributed by atoms with Gasteiger partial charge in [-0.1, -0.05) is 73.6 Å². The van der Waals surface area contributed by atoms with Crippen LogP contribution in [0.2, 0.25) is 0 Å². The maximum Gasteiger partial charge on any atom is 0.158 e. The second kappa shape index (κ2) is 5.49. The Labute approximate surface area is 120 Å². The molecule has 0 aliphatic carbocycles. The summed E-state index contributed by atoms with van der Waals surface area (Å²) in [5.74, 6) is 0.558.